The van der Waals surface area contributed by atoms with Gasteiger partial charge in [-0.1, -0.05) is 66.5 Å². The van der Waals surface area contributed by atoms with Crippen LogP contribution in [-0.4, -0.2) is 22.4 Å². The van der Waals surface area contributed by atoms with Gasteiger partial charge in [0.1, 0.15) is 0 Å². The first-order chi connectivity index (χ1) is 19.3. The van der Waals surface area contributed by atoms with Crippen LogP contribution in [0.25, 0.3) is 0 Å². The van der Waals surface area contributed by atoms with Gasteiger partial charge in [0.15, 0.2) is 0 Å². The van der Waals surface area contributed by atoms with Crippen LogP contribution in [0.5, 0.6) is 0 Å². The van der Waals surface area contributed by atoms with E-state index >= 15 is 0 Å². The highest BCUT2D eigenvalue weighted by molar-refractivity contribution is 5.14. The lowest BCUT2D eigenvalue weighted by Gasteiger charge is -2.65. The summed E-state index contributed by atoms with van der Waals surface area (Å²) in [7, 11) is 0. The van der Waals surface area contributed by atoms with Crippen LogP contribution in [0.3, 0.4) is 0 Å². The second-order valence-corrected chi connectivity index (χ2v) is 18.9. The average molecular weight is 581 g/mol. The van der Waals surface area contributed by atoms with Crippen molar-refractivity contribution in [2.24, 2.45) is 45.3 Å². The summed E-state index contributed by atoms with van der Waals surface area (Å²) in [5, 5.41) is 0. The molecule has 4 unspecified atom stereocenters. The quantitative estimate of drug-likeness (QED) is 0.302. The Bertz CT molecular complexity index is 960. The van der Waals surface area contributed by atoms with Crippen LogP contribution in [0.4, 0.5) is 0 Å². The molecule has 2 aliphatic heterocycles. The van der Waals surface area contributed by atoms with Gasteiger partial charge in [-0.15, -0.1) is 13.2 Å². The van der Waals surface area contributed by atoms with Crippen LogP contribution < -0.4 is 0 Å². The fraction of sp³-hybridized carbons (Fsp3) is 0.900. The third-order valence-electron chi connectivity index (χ3n) is 15.1. The Morgan fingerprint density at radius 2 is 0.786 bits per heavy atom. The van der Waals surface area contributed by atoms with Crippen molar-refractivity contribution in [2.45, 2.75) is 182 Å². The van der Waals surface area contributed by atoms with Gasteiger partial charge in [-0.25, -0.2) is 0 Å². The first-order valence-electron chi connectivity index (χ1n) is 18.0. The van der Waals surface area contributed by atoms with E-state index in [1.165, 1.54) is 77.0 Å². The highest BCUT2D eigenvalue weighted by Gasteiger charge is 2.62. The summed E-state index contributed by atoms with van der Waals surface area (Å²) < 4.78 is 13.4. The standard InChI is InChI=1S/2C20H34O/c2*1-7-18(4)13-9-16-19(5)12-8-11-17(2,3)15(19)10-14-20(16,6)21-18/h2*7,15-16H,1,8-14H2,2-6H3/t15?,16?,18-,19+,20-;15?,16?,18-,19-,20+/m10/s1. The van der Waals surface area contributed by atoms with E-state index in [1.54, 1.807) is 0 Å². The minimum Gasteiger partial charge on any atom is -0.365 e. The Morgan fingerprint density at radius 3 is 1.12 bits per heavy atom. The maximum atomic E-state index is 6.68. The largest absolute Gasteiger partial charge is 0.365 e. The molecule has 42 heavy (non-hydrogen) atoms. The van der Waals surface area contributed by atoms with Crippen LogP contribution in [0, 0.1) is 45.3 Å². The molecule has 0 aromatic carbocycles. The minimum absolute atomic E-state index is 0.0554. The summed E-state index contributed by atoms with van der Waals surface area (Å²) in [6.45, 7) is 32.5. The molecule has 0 bridgehead atoms. The van der Waals surface area contributed by atoms with Crippen molar-refractivity contribution in [3.05, 3.63) is 25.3 Å². The lowest BCUT2D eigenvalue weighted by molar-refractivity contribution is -0.253. The van der Waals surface area contributed by atoms with Crippen LogP contribution in [0.2, 0.25) is 0 Å². The third-order valence-corrected chi connectivity index (χ3v) is 15.1. The second-order valence-electron chi connectivity index (χ2n) is 18.9. The number of fused-ring (bicyclic) bond motifs is 6. The predicted octanol–water partition coefficient (Wildman–Crippen LogP) is 11.5. The van der Waals surface area contributed by atoms with E-state index in [4.69, 9.17) is 9.47 Å². The molecule has 6 rings (SSSR count). The SMILES string of the molecule is C=C[C@@]1(C)CCC2[C@@]3(C)CCCC(C)(C)C3CC[C@@]2(C)O1.C=C[C@]1(C)CCC2[C@@]3(C)CCCC(C)(C)C3CC[C@@]2(C)O1. The summed E-state index contributed by atoms with van der Waals surface area (Å²) in [4.78, 5) is 0. The first-order valence-corrected chi connectivity index (χ1v) is 18.0. The summed E-state index contributed by atoms with van der Waals surface area (Å²) in [6.07, 6.45) is 22.5. The van der Waals surface area contributed by atoms with Crippen molar-refractivity contribution in [3.63, 3.8) is 0 Å². The van der Waals surface area contributed by atoms with Gasteiger partial charge in [0.25, 0.3) is 0 Å². The fourth-order valence-electron chi connectivity index (χ4n) is 13.0. The number of rotatable bonds is 2. The topological polar surface area (TPSA) is 18.5 Å². The van der Waals surface area contributed by atoms with Gasteiger partial charge in [-0.05, 0) is 150 Å². The van der Waals surface area contributed by atoms with Crippen molar-refractivity contribution < 1.29 is 9.47 Å². The summed E-state index contributed by atoms with van der Waals surface area (Å²) in [5.41, 5.74) is 1.84. The molecule has 0 spiro atoms. The van der Waals surface area contributed by atoms with Crippen molar-refractivity contribution >= 4 is 0 Å². The van der Waals surface area contributed by atoms with E-state index in [1.807, 2.05) is 12.2 Å². The molecule has 0 N–H and O–H groups in total. The molecule has 0 aromatic heterocycles. The van der Waals surface area contributed by atoms with E-state index < -0.39 is 0 Å². The molecule has 2 saturated heterocycles. The molecule has 240 valence electrons. The van der Waals surface area contributed by atoms with Gasteiger partial charge in [-0.2, -0.15) is 0 Å². The van der Waals surface area contributed by atoms with Gasteiger partial charge in [-0.3, -0.25) is 0 Å². The summed E-state index contributed by atoms with van der Waals surface area (Å²) in [6, 6.07) is 0. The molecule has 4 saturated carbocycles. The Labute approximate surface area is 261 Å². The maximum Gasteiger partial charge on any atom is 0.0839 e. The van der Waals surface area contributed by atoms with E-state index in [0.29, 0.717) is 21.7 Å². The first kappa shape index (κ1) is 32.8. The fourth-order valence-corrected chi connectivity index (χ4v) is 13.0. The zero-order valence-corrected chi connectivity index (χ0v) is 29.6. The molecule has 4 aliphatic carbocycles. The molecule has 0 aromatic rings. The third kappa shape index (κ3) is 5.23. The number of hydrogen-bond donors (Lipinski definition) is 0. The molecular formula is C40H68O2. The smallest absolute Gasteiger partial charge is 0.0839 e. The van der Waals surface area contributed by atoms with Crippen LogP contribution in [0.1, 0.15) is 159 Å². The zero-order chi connectivity index (χ0) is 31.0. The molecule has 2 nitrogen and oxygen atoms in total. The minimum atomic E-state index is -0.112. The highest BCUT2D eigenvalue weighted by atomic mass is 16.5. The van der Waals surface area contributed by atoms with Gasteiger partial charge in [0, 0.05) is 0 Å². The molecule has 2 heterocycles. The average Bonchev–Trinajstić information content (AvgIpc) is 2.87. The van der Waals surface area contributed by atoms with E-state index in [9.17, 15) is 0 Å². The van der Waals surface area contributed by atoms with E-state index in [0.717, 1.165) is 36.5 Å². The molecular weight excluding hydrogens is 512 g/mol. The van der Waals surface area contributed by atoms with Crippen molar-refractivity contribution in [1.29, 1.82) is 0 Å². The van der Waals surface area contributed by atoms with Crippen molar-refractivity contribution in [3.8, 4) is 0 Å². The Hall–Kier alpha value is -0.600. The van der Waals surface area contributed by atoms with Gasteiger partial charge >= 0.3 is 0 Å². The highest BCUT2D eigenvalue weighted by Crippen LogP contribution is 2.67. The summed E-state index contributed by atoms with van der Waals surface area (Å²) in [5.74, 6) is 3.18. The van der Waals surface area contributed by atoms with Crippen LogP contribution in [-0.2, 0) is 9.47 Å². The van der Waals surface area contributed by atoms with Crippen LogP contribution >= 0.6 is 0 Å². The Kier molecular flexibility index (Phi) is 8.17. The van der Waals surface area contributed by atoms with E-state index in [2.05, 4.69) is 82.4 Å². The second kappa shape index (κ2) is 10.5. The lowest BCUT2D eigenvalue weighted by atomic mass is 9.44. The monoisotopic (exact) mass is 581 g/mol. The van der Waals surface area contributed by atoms with Crippen molar-refractivity contribution in [1.82, 2.24) is 0 Å². The molecule has 6 aliphatic rings. The normalized spacial score (nSPS) is 52.6. The molecule has 0 radical (unpaired) electrons. The molecule has 6 fully saturated rings. The number of ether oxygens (including phenoxy) is 2. The zero-order valence-electron chi connectivity index (χ0n) is 29.6. The summed E-state index contributed by atoms with van der Waals surface area (Å²) >= 11 is 0. The van der Waals surface area contributed by atoms with Crippen LogP contribution in [0.15, 0.2) is 25.3 Å². The van der Waals surface area contributed by atoms with Gasteiger partial charge in [0.2, 0.25) is 0 Å². The molecule has 0 amide bonds. The lowest BCUT2D eigenvalue weighted by Crippen LogP contribution is -2.62. The van der Waals surface area contributed by atoms with Gasteiger partial charge < -0.3 is 9.47 Å². The molecule has 2 heteroatoms. The number of hydrogen-bond acceptors (Lipinski definition) is 2. The van der Waals surface area contributed by atoms with Crippen molar-refractivity contribution in [2.75, 3.05) is 0 Å². The Balaban J connectivity index is 0.000000168. The van der Waals surface area contributed by atoms with Gasteiger partial charge in [0.05, 0.1) is 22.4 Å². The predicted molar refractivity (Wildman–Crippen MR) is 179 cm³/mol. The van der Waals surface area contributed by atoms with E-state index in [-0.39, 0.29) is 22.4 Å². The Morgan fingerprint density at radius 1 is 0.452 bits per heavy atom. The maximum absolute atomic E-state index is 6.68. The molecule has 10 atom stereocenters.